The van der Waals surface area contributed by atoms with Gasteiger partial charge in [-0.2, -0.15) is 13.2 Å². The molecule has 0 bridgehead atoms. The number of hydrogen-bond acceptors (Lipinski definition) is 7. The topological polar surface area (TPSA) is 126 Å². The zero-order valence-electron chi connectivity index (χ0n) is 19.3. The summed E-state index contributed by atoms with van der Waals surface area (Å²) in [5.41, 5.74) is 5.72. The number of carbonyl (C=O) groups is 2. The molecule has 1 aromatic carbocycles. The second-order valence-electron chi connectivity index (χ2n) is 7.59. The SMILES string of the molecule is COCCOc1c(C2COC(C(F)(F)F)C2C)ccc(F)c1C.NC(=O)c1nccc(NC=O)n1. The van der Waals surface area contributed by atoms with Gasteiger partial charge in [0.05, 0.1) is 13.2 Å². The number of aromatic nitrogens is 2. The highest BCUT2D eigenvalue weighted by Crippen LogP contribution is 2.45. The summed E-state index contributed by atoms with van der Waals surface area (Å²) >= 11 is 0. The second-order valence-corrected chi connectivity index (χ2v) is 7.59. The van der Waals surface area contributed by atoms with Crippen molar-refractivity contribution in [3.8, 4) is 5.75 Å². The monoisotopic (exact) mass is 502 g/mol. The molecule has 13 heteroatoms. The molecule has 9 nitrogen and oxygen atoms in total. The van der Waals surface area contributed by atoms with Crippen LogP contribution in [0.1, 0.15) is 34.6 Å². The van der Waals surface area contributed by atoms with Crippen molar-refractivity contribution in [2.75, 3.05) is 32.2 Å². The van der Waals surface area contributed by atoms with Gasteiger partial charge in [-0.3, -0.25) is 9.59 Å². The van der Waals surface area contributed by atoms with E-state index in [4.69, 9.17) is 19.9 Å². The highest BCUT2D eigenvalue weighted by molar-refractivity contribution is 5.89. The summed E-state index contributed by atoms with van der Waals surface area (Å²) in [6.07, 6.45) is -4.45. The molecule has 3 unspecified atom stereocenters. The maximum absolute atomic E-state index is 13.8. The molecule has 3 rings (SSSR count). The van der Waals surface area contributed by atoms with Crippen molar-refractivity contribution in [3.05, 3.63) is 47.2 Å². The van der Waals surface area contributed by atoms with Gasteiger partial charge in [0.25, 0.3) is 5.91 Å². The lowest BCUT2D eigenvalue weighted by Gasteiger charge is -2.23. The van der Waals surface area contributed by atoms with Crippen LogP contribution in [-0.4, -0.2) is 61.5 Å². The van der Waals surface area contributed by atoms with Gasteiger partial charge in [0.15, 0.2) is 6.10 Å². The fourth-order valence-corrected chi connectivity index (χ4v) is 3.50. The highest BCUT2D eigenvalue weighted by Gasteiger charge is 2.51. The van der Waals surface area contributed by atoms with Crippen LogP contribution in [-0.2, 0) is 14.3 Å². The summed E-state index contributed by atoms with van der Waals surface area (Å²) in [6.45, 7) is 3.46. The van der Waals surface area contributed by atoms with Crippen molar-refractivity contribution < 1.29 is 41.4 Å². The number of nitrogens with two attached hydrogens (primary N) is 1. The van der Waals surface area contributed by atoms with Gasteiger partial charge in [-0.25, -0.2) is 14.4 Å². The number of primary amides is 1. The smallest absolute Gasteiger partial charge is 0.414 e. The van der Waals surface area contributed by atoms with Crippen LogP contribution in [0.2, 0.25) is 0 Å². The van der Waals surface area contributed by atoms with Gasteiger partial charge in [-0.1, -0.05) is 13.0 Å². The van der Waals surface area contributed by atoms with Gasteiger partial charge in [0.2, 0.25) is 12.2 Å². The van der Waals surface area contributed by atoms with Crippen LogP contribution in [0.4, 0.5) is 23.4 Å². The van der Waals surface area contributed by atoms with Crippen LogP contribution in [0.5, 0.6) is 5.75 Å². The summed E-state index contributed by atoms with van der Waals surface area (Å²) < 4.78 is 68.1. The van der Waals surface area contributed by atoms with Crippen LogP contribution >= 0.6 is 0 Å². The van der Waals surface area contributed by atoms with Crippen LogP contribution in [0, 0.1) is 18.7 Å². The lowest BCUT2D eigenvalue weighted by atomic mass is 9.85. The standard InChI is InChI=1S/C16H20F4O3.C6H6N4O2/c1-9-12(8-23-15(9)16(18,19)20)11-4-5-13(17)10(2)14(11)22-7-6-21-3;7-5(12)6-8-2-1-4(10-6)9-3-11/h4-5,9,12,15H,6-8H2,1-3H3;1-3H,(H2,7,12)(H,8,9,10,11). The van der Waals surface area contributed by atoms with Crippen molar-refractivity contribution in [1.29, 1.82) is 0 Å². The van der Waals surface area contributed by atoms with E-state index in [1.165, 1.54) is 38.4 Å². The van der Waals surface area contributed by atoms with Crippen molar-refractivity contribution in [2.24, 2.45) is 11.7 Å². The molecule has 1 saturated heterocycles. The van der Waals surface area contributed by atoms with E-state index in [1.54, 1.807) is 6.92 Å². The maximum atomic E-state index is 13.8. The summed E-state index contributed by atoms with van der Waals surface area (Å²) in [5.74, 6) is -2.06. The third kappa shape index (κ3) is 7.33. The first kappa shape index (κ1) is 27.9. The Kier molecular flexibility index (Phi) is 9.89. The van der Waals surface area contributed by atoms with E-state index in [9.17, 15) is 27.2 Å². The Bertz CT molecular complexity index is 1020. The first-order chi connectivity index (χ1) is 16.5. The molecule has 3 N–H and O–H groups in total. The molecular formula is C22H26F4N4O5. The molecule has 2 heterocycles. The van der Waals surface area contributed by atoms with E-state index in [1.807, 2.05) is 0 Å². The average Bonchev–Trinajstić information content (AvgIpc) is 3.19. The van der Waals surface area contributed by atoms with E-state index in [0.29, 0.717) is 18.6 Å². The van der Waals surface area contributed by atoms with Gasteiger partial charge in [-0.05, 0) is 19.1 Å². The molecule has 1 aliphatic rings. The number of ether oxygens (including phenoxy) is 3. The molecule has 1 aliphatic heterocycles. The summed E-state index contributed by atoms with van der Waals surface area (Å²) in [5, 5.41) is 2.26. The molecule has 0 saturated carbocycles. The number of carbonyl (C=O) groups excluding carboxylic acids is 2. The third-order valence-corrected chi connectivity index (χ3v) is 5.28. The normalized spacial score (nSPS) is 19.5. The zero-order chi connectivity index (χ0) is 26.2. The Labute approximate surface area is 199 Å². The number of nitrogens with one attached hydrogen (secondary N) is 1. The quantitative estimate of drug-likeness (QED) is 0.323. The second kappa shape index (κ2) is 12.4. The van der Waals surface area contributed by atoms with E-state index >= 15 is 0 Å². The van der Waals surface area contributed by atoms with E-state index < -0.39 is 35.8 Å². The van der Waals surface area contributed by atoms with Gasteiger partial charge >= 0.3 is 6.18 Å². The van der Waals surface area contributed by atoms with E-state index in [0.717, 1.165) is 0 Å². The number of rotatable bonds is 8. The number of amides is 2. The molecule has 0 spiro atoms. The van der Waals surface area contributed by atoms with Crippen LogP contribution in [0.25, 0.3) is 0 Å². The Hall–Kier alpha value is -3.32. The van der Waals surface area contributed by atoms with Gasteiger partial charge in [0.1, 0.15) is 24.0 Å². The zero-order valence-corrected chi connectivity index (χ0v) is 19.3. The highest BCUT2D eigenvalue weighted by atomic mass is 19.4. The number of halogens is 4. The predicted molar refractivity (Wildman–Crippen MR) is 116 cm³/mol. The number of anilines is 1. The Morgan fingerprint density at radius 2 is 2.03 bits per heavy atom. The summed E-state index contributed by atoms with van der Waals surface area (Å²) in [4.78, 5) is 27.7. The molecule has 2 amide bonds. The average molecular weight is 502 g/mol. The van der Waals surface area contributed by atoms with Gasteiger partial charge in [0, 0.05) is 36.3 Å². The van der Waals surface area contributed by atoms with Crippen molar-refractivity contribution >= 4 is 18.1 Å². The number of benzene rings is 1. The van der Waals surface area contributed by atoms with Crippen LogP contribution in [0.3, 0.4) is 0 Å². The molecule has 2 aromatic rings. The molecule has 1 fully saturated rings. The van der Waals surface area contributed by atoms with E-state index in [-0.39, 0.29) is 36.2 Å². The molecule has 0 aliphatic carbocycles. The summed E-state index contributed by atoms with van der Waals surface area (Å²) in [6, 6.07) is 4.18. The Balaban J connectivity index is 0.000000303. The molecule has 0 radical (unpaired) electrons. The minimum absolute atomic E-state index is 0.0724. The minimum Gasteiger partial charge on any atom is -0.491 e. The van der Waals surface area contributed by atoms with Gasteiger partial charge in [-0.15, -0.1) is 0 Å². The predicted octanol–water partition coefficient (Wildman–Crippen LogP) is 2.98. The molecular weight excluding hydrogens is 476 g/mol. The maximum Gasteiger partial charge on any atom is 0.414 e. The molecule has 35 heavy (non-hydrogen) atoms. The lowest BCUT2D eigenvalue weighted by Crippen LogP contribution is -2.33. The fourth-order valence-electron chi connectivity index (χ4n) is 3.50. The summed E-state index contributed by atoms with van der Waals surface area (Å²) in [7, 11) is 1.50. The van der Waals surface area contributed by atoms with Crippen molar-refractivity contribution in [2.45, 2.75) is 32.0 Å². The van der Waals surface area contributed by atoms with Crippen LogP contribution in [0.15, 0.2) is 24.4 Å². The number of nitrogens with zero attached hydrogens (tertiary/aromatic N) is 2. The Morgan fingerprint density at radius 1 is 1.31 bits per heavy atom. The number of hydrogen-bond donors (Lipinski definition) is 2. The molecule has 3 atom stereocenters. The van der Waals surface area contributed by atoms with Crippen molar-refractivity contribution in [1.82, 2.24) is 9.97 Å². The largest absolute Gasteiger partial charge is 0.491 e. The van der Waals surface area contributed by atoms with Gasteiger partial charge < -0.3 is 25.3 Å². The molecule has 1 aromatic heterocycles. The fraction of sp³-hybridized carbons (Fsp3) is 0.455. The third-order valence-electron chi connectivity index (χ3n) is 5.28. The lowest BCUT2D eigenvalue weighted by molar-refractivity contribution is -0.215. The van der Waals surface area contributed by atoms with E-state index in [2.05, 4.69) is 15.3 Å². The number of alkyl halides is 3. The van der Waals surface area contributed by atoms with Crippen molar-refractivity contribution in [3.63, 3.8) is 0 Å². The first-order valence-corrected chi connectivity index (χ1v) is 10.4. The van der Waals surface area contributed by atoms with Crippen LogP contribution < -0.4 is 15.8 Å². The first-order valence-electron chi connectivity index (χ1n) is 10.4. The molecule has 192 valence electrons. The Morgan fingerprint density at radius 3 is 2.60 bits per heavy atom. The number of methoxy groups -OCH3 is 1. The minimum atomic E-state index is -4.42.